The number of anilines is 2. The van der Waals surface area contributed by atoms with E-state index in [9.17, 15) is 0 Å². The van der Waals surface area contributed by atoms with Crippen LogP contribution < -0.4 is 11.1 Å². The topological polar surface area (TPSA) is 50.9 Å². The summed E-state index contributed by atoms with van der Waals surface area (Å²) in [5.74, 6) is 1.41. The number of nitrogen functional groups attached to an aromatic ring is 1. The summed E-state index contributed by atoms with van der Waals surface area (Å²) in [7, 11) is 0. The monoisotopic (exact) mass is 197 g/mol. The lowest BCUT2D eigenvalue weighted by Crippen LogP contribution is -2.13. The highest BCUT2D eigenvalue weighted by molar-refractivity contribution is 7.99. The summed E-state index contributed by atoms with van der Waals surface area (Å²) in [6.45, 7) is 3.08. The second kappa shape index (κ2) is 4.97. The minimum Gasteiger partial charge on any atom is -0.384 e. The van der Waals surface area contributed by atoms with E-state index >= 15 is 0 Å². The molecule has 0 amide bonds. The van der Waals surface area contributed by atoms with E-state index in [1.807, 2.05) is 23.9 Å². The van der Waals surface area contributed by atoms with Gasteiger partial charge in [0.2, 0.25) is 0 Å². The number of hydrogen-bond acceptors (Lipinski definition) is 4. The molecule has 0 aliphatic heterocycles. The molecule has 0 aliphatic carbocycles. The second-order valence-corrected chi connectivity index (χ2v) is 4.15. The maximum Gasteiger partial charge on any atom is 0.128 e. The van der Waals surface area contributed by atoms with Crippen LogP contribution in [0, 0.1) is 0 Å². The van der Waals surface area contributed by atoms with Gasteiger partial charge in [-0.15, -0.1) is 0 Å². The van der Waals surface area contributed by atoms with Crippen molar-refractivity contribution < 1.29 is 0 Å². The SMILES string of the molecule is CSC(C)CNc1cccc(N)n1. The quantitative estimate of drug-likeness (QED) is 0.773. The van der Waals surface area contributed by atoms with Gasteiger partial charge in [-0.1, -0.05) is 13.0 Å². The molecule has 1 unspecified atom stereocenters. The lowest BCUT2D eigenvalue weighted by atomic mass is 10.4. The summed E-state index contributed by atoms with van der Waals surface area (Å²) in [4.78, 5) is 4.14. The molecule has 3 N–H and O–H groups in total. The fraction of sp³-hybridized carbons (Fsp3) is 0.444. The maximum absolute atomic E-state index is 5.54. The molecular formula is C9H15N3S. The molecule has 1 atom stereocenters. The average Bonchev–Trinajstić information content (AvgIpc) is 2.14. The Hall–Kier alpha value is -0.900. The lowest BCUT2D eigenvalue weighted by molar-refractivity contribution is 0.992. The minimum absolute atomic E-state index is 0.557. The van der Waals surface area contributed by atoms with Gasteiger partial charge >= 0.3 is 0 Å². The van der Waals surface area contributed by atoms with E-state index in [0.29, 0.717) is 11.1 Å². The van der Waals surface area contributed by atoms with E-state index in [1.165, 1.54) is 0 Å². The normalized spacial score (nSPS) is 12.5. The molecule has 0 bridgehead atoms. The highest BCUT2D eigenvalue weighted by atomic mass is 32.2. The fourth-order valence-corrected chi connectivity index (χ4v) is 1.13. The number of nitrogens with one attached hydrogen (secondary N) is 1. The van der Waals surface area contributed by atoms with Gasteiger partial charge in [0.1, 0.15) is 11.6 Å². The molecule has 4 heteroatoms. The van der Waals surface area contributed by atoms with Gasteiger partial charge < -0.3 is 11.1 Å². The predicted octanol–water partition coefficient (Wildman–Crippen LogP) is 1.83. The zero-order valence-corrected chi connectivity index (χ0v) is 8.77. The van der Waals surface area contributed by atoms with Crippen LogP contribution in [0.2, 0.25) is 0 Å². The fourth-order valence-electron chi connectivity index (χ4n) is 0.882. The predicted molar refractivity (Wildman–Crippen MR) is 60.1 cm³/mol. The van der Waals surface area contributed by atoms with Gasteiger partial charge in [-0.05, 0) is 18.4 Å². The zero-order chi connectivity index (χ0) is 9.68. The third kappa shape index (κ3) is 3.55. The van der Waals surface area contributed by atoms with Gasteiger partial charge in [-0.2, -0.15) is 11.8 Å². The Labute approximate surface area is 83.1 Å². The molecular weight excluding hydrogens is 182 g/mol. The van der Waals surface area contributed by atoms with E-state index < -0.39 is 0 Å². The van der Waals surface area contributed by atoms with E-state index in [0.717, 1.165) is 12.4 Å². The third-order valence-corrected chi connectivity index (χ3v) is 2.72. The van der Waals surface area contributed by atoms with Crippen LogP contribution in [-0.2, 0) is 0 Å². The Morgan fingerprint density at radius 2 is 2.38 bits per heavy atom. The van der Waals surface area contributed by atoms with E-state index in [4.69, 9.17) is 5.73 Å². The van der Waals surface area contributed by atoms with Crippen LogP contribution in [-0.4, -0.2) is 23.0 Å². The second-order valence-electron chi connectivity index (χ2n) is 2.87. The molecule has 0 saturated heterocycles. The van der Waals surface area contributed by atoms with Crippen LogP contribution in [0.3, 0.4) is 0 Å². The molecule has 1 aromatic heterocycles. The number of thioether (sulfide) groups is 1. The first-order chi connectivity index (χ1) is 6.22. The van der Waals surface area contributed by atoms with Crippen molar-refractivity contribution in [1.82, 2.24) is 4.98 Å². The number of hydrogen-bond donors (Lipinski definition) is 2. The molecule has 0 fully saturated rings. The zero-order valence-electron chi connectivity index (χ0n) is 7.95. The first kappa shape index (κ1) is 10.2. The lowest BCUT2D eigenvalue weighted by Gasteiger charge is -2.10. The molecule has 0 aromatic carbocycles. The summed E-state index contributed by atoms with van der Waals surface area (Å²) >= 11 is 1.83. The molecule has 1 rings (SSSR count). The molecule has 0 radical (unpaired) electrons. The number of aromatic nitrogens is 1. The van der Waals surface area contributed by atoms with Crippen LogP contribution >= 0.6 is 11.8 Å². The highest BCUT2D eigenvalue weighted by Crippen LogP contribution is 2.09. The summed E-state index contributed by atoms with van der Waals surface area (Å²) in [6, 6.07) is 5.60. The maximum atomic E-state index is 5.54. The Kier molecular flexibility index (Phi) is 3.89. The Morgan fingerprint density at radius 1 is 1.62 bits per heavy atom. The van der Waals surface area contributed by atoms with Crippen molar-refractivity contribution >= 4 is 23.4 Å². The summed E-state index contributed by atoms with van der Waals surface area (Å²) in [5.41, 5.74) is 5.54. The van der Waals surface area contributed by atoms with Gasteiger partial charge in [-0.3, -0.25) is 0 Å². The summed E-state index contributed by atoms with van der Waals surface area (Å²) in [5, 5.41) is 3.81. The van der Waals surface area contributed by atoms with Gasteiger partial charge in [0.05, 0.1) is 0 Å². The molecule has 13 heavy (non-hydrogen) atoms. The van der Waals surface area contributed by atoms with Crippen LogP contribution in [0.15, 0.2) is 18.2 Å². The van der Waals surface area contributed by atoms with Crippen LogP contribution in [0.5, 0.6) is 0 Å². The molecule has 1 heterocycles. The molecule has 0 spiro atoms. The van der Waals surface area contributed by atoms with Crippen LogP contribution in [0.1, 0.15) is 6.92 Å². The van der Waals surface area contributed by atoms with Gasteiger partial charge in [-0.25, -0.2) is 4.98 Å². The Morgan fingerprint density at radius 3 is 3.00 bits per heavy atom. The van der Waals surface area contributed by atoms with Crippen molar-refractivity contribution in [2.24, 2.45) is 0 Å². The van der Waals surface area contributed by atoms with Crippen molar-refractivity contribution in [3.05, 3.63) is 18.2 Å². The molecule has 0 aliphatic rings. The molecule has 72 valence electrons. The number of rotatable bonds is 4. The van der Waals surface area contributed by atoms with Gasteiger partial charge in [0.15, 0.2) is 0 Å². The summed E-state index contributed by atoms with van der Waals surface area (Å²) < 4.78 is 0. The van der Waals surface area contributed by atoms with E-state index in [1.54, 1.807) is 6.07 Å². The number of nitrogens with two attached hydrogens (primary N) is 1. The number of nitrogens with zero attached hydrogens (tertiary/aromatic N) is 1. The van der Waals surface area contributed by atoms with Gasteiger partial charge in [0, 0.05) is 11.8 Å². The van der Waals surface area contributed by atoms with Crippen LogP contribution in [0.25, 0.3) is 0 Å². The Bertz CT molecular complexity index is 265. The Balaban J connectivity index is 2.45. The standard InChI is InChI=1S/C9H15N3S/c1-7(13-2)6-11-9-5-3-4-8(10)12-9/h3-5,7H,6H2,1-2H3,(H3,10,11,12). The van der Waals surface area contributed by atoms with Crippen molar-refractivity contribution in [2.75, 3.05) is 23.9 Å². The minimum atomic E-state index is 0.557. The van der Waals surface area contributed by atoms with Gasteiger partial charge in [0.25, 0.3) is 0 Å². The molecule has 1 aromatic rings. The largest absolute Gasteiger partial charge is 0.384 e. The first-order valence-electron chi connectivity index (χ1n) is 4.21. The van der Waals surface area contributed by atoms with Crippen molar-refractivity contribution in [2.45, 2.75) is 12.2 Å². The van der Waals surface area contributed by atoms with Crippen molar-refractivity contribution in [3.8, 4) is 0 Å². The van der Waals surface area contributed by atoms with Crippen LogP contribution in [0.4, 0.5) is 11.6 Å². The van der Waals surface area contributed by atoms with E-state index in [-0.39, 0.29) is 0 Å². The molecule has 0 saturated carbocycles. The smallest absolute Gasteiger partial charge is 0.128 e. The third-order valence-electron chi connectivity index (χ3n) is 1.74. The van der Waals surface area contributed by atoms with E-state index in [2.05, 4.69) is 23.5 Å². The first-order valence-corrected chi connectivity index (χ1v) is 5.50. The van der Waals surface area contributed by atoms with Crippen molar-refractivity contribution in [3.63, 3.8) is 0 Å². The summed E-state index contributed by atoms with van der Waals surface area (Å²) in [6.07, 6.45) is 2.10. The molecule has 3 nitrogen and oxygen atoms in total. The van der Waals surface area contributed by atoms with Crippen molar-refractivity contribution in [1.29, 1.82) is 0 Å². The highest BCUT2D eigenvalue weighted by Gasteiger charge is 1.99. The number of pyridine rings is 1. The average molecular weight is 197 g/mol.